The van der Waals surface area contributed by atoms with Crippen LogP contribution < -0.4 is 11.1 Å². The SMILES string of the molecule is CC(=O)N(C)Cc1cccc(NC2CCC(N)CC2)c1. The minimum absolute atomic E-state index is 0.0876. The second kappa shape index (κ2) is 6.75. The molecule has 3 N–H and O–H groups in total. The van der Waals surface area contributed by atoms with Crippen molar-refractivity contribution < 1.29 is 4.79 Å². The maximum atomic E-state index is 11.3. The molecule has 0 atom stereocenters. The molecule has 0 aromatic heterocycles. The average molecular weight is 275 g/mol. The number of benzene rings is 1. The molecule has 4 heteroatoms. The van der Waals surface area contributed by atoms with Crippen molar-refractivity contribution in [2.45, 2.75) is 51.2 Å². The molecule has 20 heavy (non-hydrogen) atoms. The Kier molecular flexibility index (Phi) is 5.01. The molecule has 0 spiro atoms. The fraction of sp³-hybridized carbons (Fsp3) is 0.562. The number of carbonyl (C=O) groups is 1. The highest BCUT2D eigenvalue weighted by atomic mass is 16.2. The number of anilines is 1. The van der Waals surface area contributed by atoms with Crippen LogP contribution in [0.1, 0.15) is 38.2 Å². The van der Waals surface area contributed by atoms with Crippen molar-refractivity contribution in [1.82, 2.24) is 4.90 Å². The molecule has 110 valence electrons. The van der Waals surface area contributed by atoms with E-state index in [0.717, 1.165) is 36.9 Å². The smallest absolute Gasteiger partial charge is 0.219 e. The Labute approximate surface area is 121 Å². The van der Waals surface area contributed by atoms with Crippen molar-refractivity contribution in [3.8, 4) is 0 Å². The van der Waals surface area contributed by atoms with Crippen LogP contribution >= 0.6 is 0 Å². The summed E-state index contributed by atoms with van der Waals surface area (Å²) in [5.41, 5.74) is 8.22. The number of hydrogen-bond acceptors (Lipinski definition) is 3. The lowest BCUT2D eigenvalue weighted by Gasteiger charge is -2.28. The van der Waals surface area contributed by atoms with Gasteiger partial charge in [-0.3, -0.25) is 4.79 Å². The van der Waals surface area contributed by atoms with Crippen LogP contribution in [-0.4, -0.2) is 29.9 Å². The summed E-state index contributed by atoms with van der Waals surface area (Å²) >= 11 is 0. The fourth-order valence-electron chi connectivity index (χ4n) is 2.64. The zero-order valence-corrected chi connectivity index (χ0v) is 12.4. The van der Waals surface area contributed by atoms with Crippen molar-refractivity contribution >= 4 is 11.6 Å². The van der Waals surface area contributed by atoms with Gasteiger partial charge in [-0.2, -0.15) is 0 Å². The lowest BCUT2D eigenvalue weighted by atomic mass is 9.91. The summed E-state index contributed by atoms with van der Waals surface area (Å²) in [6.07, 6.45) is 4.48. The van der Waals surface area contributed by atoms with Crippen LogP contribution in [0.2, 0.25) is 0 Å². The largest absolute Gasteiger partial charge is 0.382 e. The van der Waals surface area contributed by atoms with E-state index in [1.807, 2.05) is 13.1 Å². The van der Waals surface area contributed by atoms with Crippen LogP contribution in [0, 0.1) is 0 Å². The highest BCUT2D eigenvalue weighted by Gasteiger charge is 2.18. The van der Waals surface area contributed by atoms with Crippen LogP contribution in [0.3, 0.4) is 0 Å². The summed E-state index contributed by atoms with van der Waals surface area (Å²) in [4.78, 5) is 13.0. The van der Waals surface area contributed by atoms with Gasteiger partial charge in [0.15, 0.2) is 0 Å². The summed E-state index contributed by atoms with van der Waals surface area (Å²) in [6.45, 7) is 2.24. The number of amides is 1. The lowest BCUT2D eigenvalue weighted by molar-refractivity contribution is -0.128. The maximum Gasteiger partial charge on any atom is 0.219 e. The average Bonchev–Trinajstić information content (AvgIpc) is 2.42. The molecule has 1 saturated carbocycles. The molecule has 0 aliphatic heterocycles. The van der Waals surface area contributed by atoms with Gasteiger partial charge in [-0.05, 0) is 43.4 Å². The molecule has 0 bridgehead atoms. The third-order valence-corrected chi connectivity index (χ3v) is 4.03. The molecular formula is C16H25N3O. The second-order valence-electron chi connectivity index (χ2n) is 5.83. The topological polar surface area (TPSA) is 58.4 Å². The van der Waals surface area contributed by atoms with Gasteiger partial charge in [0.05, 0.1) is 0 Å². The predicted octanol–water partition coefficient (Wildman–Crippen LogP) is 2.35. The maximum absolute atomic E-state index is 11.3. The summed E-state index contributed by atoms with van der Waals surface area (Å²) in [5, 5.41) is 3.59. The van der Waals surface area contributed by atoms with Crippen molar-refractivity contribution in [2.24, 2.45) is 5.73 Å². The van der Waals surface area contributed by atoms with Gasteiger partial charge < -0.3 is 16.0 Å². The molecule has 4 nitrogen and oxygen atoms in total. The second-order valence-corrected chi connectivity index (χ2v) is 5.83. The molecule has 0 unspecified atom stereocenters. The summed E-state index contributed by atoms with van der Waals surface area (Å²) < 4.78 is 0. The van der Waals surface area contributed by atoms with E-state index in [-0.39, 0.29) is 5.91 Å². The van der Waals surface area contributed by atoms with E-state index >= 15 is 0 Å². The first-order valence-electron chi connectivity index (χ1n) is 7.37. The number of nitrogens with one attached hydrogen (secondary N) is 1. The Morgan fingerprint density at radius 3 is 2.70 bits per heavy atom. The van der Waals surface area contributed by atoms with Gasteiger partial charge >= 0.3 is 0 Å². The number of carbonyl (C=O) groups excluding carboxylic acids is 1. The highest BCUT2D eigenvalue weighted by Crippen LogP contribution is 2.22. The fourth-order valence-corrected chi connectivity index (χ4v) is 2.64. The lowest BCUT2D eigenvalue weighted by Crippen LogP contribution is -2.32. The first-order valence-corrected chi connectivity index (χ1v) is 7.37. The number of rotatable bonds is 4. The molecule has 1 aromatic rings. The summed E-state index contributed by atoms with van der Waals surface area (Å²) in [5.74, 6) is 0.0876. The molecule has 0 radical (unpaired) electrons. The molecule has 0 heterocycles. The van der Waals surface area contributed by atoms with Crippen molar-refractivity contribution in [3.05, 3.63) is 29.8 Å². The van der Waals surface area contributed by atoms with E-state index < -0.39 is 0 Å². The minimum Gasteiger partial charge on any atom is -0.382 e. The Morgan fingerprint density at radius 1 is 1.35 bits per heavy atom. The minimum atomic E-state index is 0.0876. The normalized spacial score (nSPS) is 22.4. The van der Waals surface area contributed by atoms with Gasteiger partial charge in [0.2, 0.25) is 5.91 Å². The summed E-state index contributed by atoms with van der Waals surface area (Å²) in [6, 6.07) is 9.22. The first-order chi connectivity index (χ1) is 9.54. The van der Waals surface area contributed by atoms with Crippen LogP contribution in [0.4, 0.5) is 5.69 Å². The predicted molar refractivity (Wildman–Crippen MR) is 82.4 cm³/mol. The van der Waals surface area contributed by atoms with E-state index in [1.54, 1.807) is 11.8 Å². The first kappa shape index (κ1) is 14.9. The van der Waals surface area contributed by atoms with Crippen LogP contribution in [0.15, 0.2) is 24.3 Å². The van der Waals surface area contributed by atoms with Crippen molar-refractivity contribution in [1.29, 1.82) is 0 Å². The van der Waals surface area contributed by atoms with Crippen LogP contribution in [-0.2, 0) is 11.3 Å². The van der Waals surface area contributed by atoms with E-state index in [2.05, 4.69) is 23.5 Å². The quantitative estimate of drug-likeness (QED) is 0.887. The van der Waals surface area contributed by atoms with Gasteiger partial charge in [0, 0.05) is 38.3 Å². The van der Waals surface area contributed by atoms with E-state index in [4.69, 9.17) is 5.73 Å². The molecule has 2 rings (SSSR count). The summed E-state index contributed by atoms with van der Waals surface area (Å²) in [7, 11) is 1.82. The van der Waals surface area contributed by atoms with Crippen LogP contribution in [0.5, 0.6) is 0 Å². The Balaban J connectivity index is 1.94. The van der Waals surface area contributed by atoms with Crippen molar-refractivity contribution in [3.63, 3.8) is 0 Å². The Hall–Kier alpha value is -1.55. The van der Waals surface area contributed by atoms with E-state index in [9.17, 15) is 4.79 Å². The molecular weight excluding hydrogens is 250 g/mol. The Morgan fingerprint density at radius 2 is 2.05 bits per heavy atom. The number of nitrogens with two attached hydrogens (primary N) is 1. The molecule has 0 saturated heterocycles. The third-order valence-electron chi connectivity index (χ3n) is 4.03. The molecule has 1 aliphatic rings. The zero-order valence-electron chi connectivity index (χ0n) is 12.4. The van der Waals surface area contributed by atoms with Gasteiger partial charge in [-0.25, -0.2) is 0 Å². The van der Waals surface area contributed by atoms with Crippen molar-refractivity contribution in [2.75, 3.05) is 12.4 Å². The van der Waals surface area contributed by atoms with Gasteiger partial charge in [0.1, 0.15) is 0 Å². The highest BCUT2D eigenvalue weighted by molar-refractivity contribution is 5.72. The molecule has 1 aliphatic carbocycles. The monoisotopic (exact) mass is 275 g/mol. The molecule has 1 aromatic carbocycles. The van der Waals surface area contributed by atoms with Crippen LogP contribution in [0.25, 0.3) is 0 Å². The standard InChI is InChI=1S/C16H25N3O/c1-12(20)19(2)11-13-4-3-5-16(10-13)18-15-8-6-14(17)7-9-15/h3-5,10,14-15,18H,6-9,11,17H2,1-2H3. The van der Waals surface area contributed by atoms with E-state index in [0.29, 0.717) is 18.6 Å². The Bertz CT molecular complexity index is 453. The van der Waals surface area contributed by atoms with E-state index in [1.165, 1.54) is 0 Å². The number of hydrogen-bond donors (Lipinski definition) is 2. The van der Waals surface area contributed by atoms with Gasteiger partial charge in [0.25, 0.3) is 0 Å². The zero-order chi connectivity index (χ0) is 14.5. The van der Waals surface area contributed by atoms with Gasteiger partial charge in [-0.1, -0.05) is 12.1 Å². The molecule has 1 fully saturated rings. The van der Waals surface area contributed by atoms with Gasteiger partial charge in [-0.15, -0.1) is 0 Å². The molecule has 1 amide bonds. The number of nitrogens with zero attached hydrogens (tertiary/aromatic N) is 1. The third kappa shape index (κ3) is 4.23.